The fourth-order valence-corrected chi connectivity index (χ4v) is 5.03. The molecule has 4 unspecified atom stereocenters. The van der Waals surface area contributed by atoms with Crippen molar-refractivity contribution >= 4 is 35.4 Å². The molecule has 4 atom stereocenters. The summed E-state index contributed by atoms with van der Waals surface area (Å²) in [6.07, 6.45) is 6.37. The third-order valence-electron chi connectivity index (χ3n) is 5.11. The van der Waals surface area contributed by atoms with E-state index in [-0.39, 0.29) is 47.3 Å². The standard InChI is InChI=1S/C16H16N2O4S/c19-13-9-3-1-7(5-11(9)15(21)17-13)23-8-2-4-10-12(6-8)16(22)18-14(10)20/h1-2,9-12H,3-6H2,(H,17,19,21)(H,18,20,22). The number of thioether (sulfide) groups is 1. The number of hydrogen-bond donors (Lipinski definition) is 2. The van der Waals surface area contributed by atoms with E-state index < -0.39 is 0 Å². The van der Waals surface area contributed by atoms with Gasteiger partial charge in [0.25, 0.3) is 0 Å². The minimum Gasteiger partial charge on any atom is -0.296 e. The van der Waals surface area contributed by atoms with E-state index >= 15 is 0 Å². The van der Waals surface area contributed by atoms with Crippen molar-refractivity contribution in [2.45, 2.75) is 25.7 Å². The second-order valence-electron chi connectivity index (χ2n) is 6.46. The van der Waals surface area contributed by atoms with Crippen LogP contribution in [0.25, 0.3) is 0 Å². The number of allylic oxidation sites excluding steroid dienone is 4. The first kappa shape index (κ1) is 14.7. The highest BCUT2D eigenvalue weighted by atomic mass is 32.2. The van der Waals surface area contributed by atoms with Crippen molar-refractivity contribution < 1.29 is 19.2 Å². The van der Waals surface area contributed by atoms with E-state index in [4.69, 9.17) is 0 Å². The number of carbonyl (C=O) groups is 4. The first-order chi connectivity index (χ1) is 11.0. The molecule has 0 bridgehead atoms. The molecule has 7 heteroatoms. The number of carbonyl (C=O) groups excluding carboxylic acids is 4. The van der Waals surface area contributed by atoms with Crippen LogP contribution in [0.15, 0.2) is 22.0 Å². The predicted octanol–water partition coefficient (Wildman–Crippen LogP) is 0.853. The van der Waals surface area contributed by atoms with Crippen LogP contribution >= 0.6 is 11.8 Å². The quantitative estimate of drug-likeness (QED) is 0.732. The van der Waals surface area contributed by atoms with Crippen molar-refractivity contribution in [3.63, 3.8) is 0 Å². The van der Waals surface area contributed by atoms with Crippen LogP contribution in [0.1, 0.15) is 25.7 Å². The molecule has 4 rings (SSSR count). The van der Waals surface area contributed by atoms with Gasteiger partial charge in [-0.1, -0.05) is 23.9 Å². The molecule has 120 valence electrons. The Hall–Kier alpha value is -1.89. The van der Waals surface area contributed by atoms with E-state index in [0.717, 1.165) is 9.81 Å². The molecule has 2 N–H and O–H groups in total. The van der Waals surface area contributed by atoms with E-state index in [1.54, 1.807) is 11.8 Å². The fourth-order valence-electron chi connectivity index (χ4n) is 3.81. The average molecular weight is 332 g/mol. The molecule has 4 amide bonds. The molecule has 2 aliphatic heterocycles. The lowest BCUT2D eigenvalue weighted by Crippen LogP contribution is -2.22. The summed E-state index contributed by atoms with van der Waals surface area (Å²) in [4.78, 5) is 49.1. The summed E-state index contributed by atoms with van der Waals surface area (Å²) in [7, 11) is 0. The summed E-state index contributed by atoms with van der Waals surface area (Å²) < 4.78 is 0. The van der Waals surface area contributed by atoms with E-state index in [1.165, 1.54) is 0 Å². The van der Waals surface area contributed by atoms with Gasteiger partial charge in [0.15, 0.2) is 0 Å². The third-order valence-corrected chi connectivity index (χ3v) is 6.31. The van der Waals surface area contributed by atoms with Crippen molar-refractivity contribution in [1.29, 1.82) is 0 Å². The molecule has 0 spiro atoms. The molecule has 4 aliphatic rings. The van der Waals surface area contributed by atoms with Gasteiger partial charge >= 0.3 is 0 Å². The third kappa shape index (κ3) is 2.43. The Morgan fingerprint density at radius 3 is 1.52 bits per heavy atom. The lowest BCUT2D eigenvalue weighted by molar-refractivity contribution is -0.127. The minimum absolute atomic E-state index is 0.166. The highest BCUT2D eigenvalue weighted by Crippen LogP contribution is 2.45. The van der Waals surface area contributed by atoms with Gasteiger partial charge in [-0.15, -0.1) is 0 Å². The lowest BCUT2D eigenvalue weighted by atomic mass is 9.85. The van der Waals surface area contributed by atoms with Crippen LogP contribution in [0.5, 0.6) is 0 Å². The van der Waals surface area contributed by atoms with Crippen molar-refractivity contribution in [1.82, 2.24) is 10.6 Å². The van der Waals surface area contributed by atoms with Gasteiger partial charge in [0, 0.05) is 0 Å². The van der Waals surface area contributed by atoms with Crippen molar-refractivity contribution in [2.24, 2.45) is 23.7 Å². The van der Waals surface area contributed by atoms with Crippen molar-refractivity contribution in [3.05, 3.63) is 22.0 Å². The van der Waals surface area contributed by atoms with Crippen LogP contribution in [0.2, 0.25) is 0 Å². The van der Waals surface area contributed by atoms with Gasteiger partial charge in [-0.2, -0.15) is 0 Å². The van der Waals surface area contributed by atoms with Gasteiger partial charge in [0.2, 0.25) is 23.6 Å². The normalized spacial score (nSPS) is 36.0. The summed E-state index contributed by atoms with van der Waals surface area (Å²) in [5.74, 6) is -1.66. The van der Waals surface area contributed by atoms with E-state index in [1.807, 2.05) is 12.2 Å². The number of nitrogens with one attached hydrogen (secondary N) is 2. The zero-order valence-electron chi connectivity index (χ0n) is 12.3. The average Bonchev–Trinajstić information content (AvgIpc) is 2.96. The van der Waals surface area contributed by atoms with E-state index in [9.17, 15) is 19.2 Å². The molecule has 2 heterocycles. The second kappa shape index (κ2) is 5.33. The van der Waals surface area contributed by atoms with Gasteiger partial charge in [0.1, 0.15) is 0 Å². The number of hydrogen-bond acceptors (Lipinski definition) is 5. The monoisotopic (exact) mass is 332 g/mol. The molecule has 6 nitrogen and oxygen atoms in total. The highest BCUT2D eigenvalue weighted by Gasteiger charge is 2.45. The Labute approximate surface area is 137 Å². The maximum Gasteiger partial charge on any atom is 0.230 e. The molecule has 0 radical (unpaired) electrons. The number of rotatable bonds is 2. The first-order valence-electron chi connectivity index (χ1n) is 7.78. The number of imide groups is 2. The van der Waals surface area contributed by atoms with Crippen LogP contribution in [-0.4, -0.2) is 23.6 Å². The Kier molecular flexibility index (Phi) is 3.41. The topological polar surface area (TPSA) is 92.3 Å². The zero-order chi connectivity index (χ0) is 16.1. The largest absolute Gasteiger partial charge is 0.296 e. The molecular formula is C16H16N2O4S. The lowest BCUT2D eigenvalue weighted by Gasteiger charge is -2.25. The van der Waals surface area contributed by atoms with Gasteiger partial charge in [0.05, 0.1) is 23.7 Å². The van der Waals surface area contributed by atoms with Crippen LogP contribution in [0.3, 0.4) is 0 Å². The SMILES string of the molecule is O=C1NC(=O)C2CC(SC3=CCC4C(=O)NC(=O)C4C3)=CCC12. The Balaban J connectivity index is 1.45. The maximum atomic E-state index is 11.8. The summed E-state index contributed by atoms with van der Waals surface area (Å²) >= 11 is 1.59. The Morgan fingerprint density at radius 1 is 0.696 bits per heavy atom. The number of amides is 4. The van der Waals surface area contributed by atoms with Crippen LogP contribution in [0, 0.1) is 23.7 Å². The summed E-state index contributed by atoms with van der Waals surface area (Å²) in [5, 5.41) is 4.80. The zero-order valence-corrected chi connectivity index (χ0v) is 13.2. The van der Waals surface area contributed by atoms with Crippen molar-refractivity contribution in [2.75, 3.05) is 0 Å². The molecule has 2 aliphatic carbocycles. The second-order valence-corrected chi connectivity index (χ2v) is 7.71. The van der Waals surface area contributed by atoms with Gasteiger partial charge in [-0.05, 0) is 35.5 Å². The van der Waals surface area contributed by atoms with Gasteiger partial charge in [-0.25, -0.2) is 0 Å². The highest BCUT2D eigenvalue weighted by molar-refractivity contribution is 8.06. The molecule has 0 aromatic carbocycles. The summed E-state index contributed by atoms with van der Waals surface area (Å²) in [6, 6.07) is 0. The van der Waals surface area contributed by atoms with E-state index in [2.05, 4.69) is 10.6 Å². The maximum absolute atomic E-state index is 11.8. The molecular weight excluding hydrogens is 316 g/mol. The van der Waals surface area contributed by atoms with Gasteiger partial charge in [-0.3, -0.25) is 29.8 Å². The predicted molar refractivity (Wildman–Crippen MR) is 82.5 cm³/mol. The van der Waals surface area contributed by atoms with Crippen molar-refractivity contribution in [3.8, 4) is 0 Å². The molecule has 2 fully saturated rings. The minimum atomic E-state index is -0.261. The first-order valence-corrected chi connectivity index (χ1v) is 8.60. The van der Waals surface area contributed by atoms with Crippen LogP contribution in [-0.2, 0) is 19.2 Å². The summed E-state index contributed by atoms with van der Waals surface area (Å²) in [6.45, 7) is 0. The van der Waals surface area contributed by atoms with E-state index in [0.29, 0.717) is 25.7 Å². The molecule has 0 saturated carbocycles. The molecule has 0 aromatic heterocycles. The molecule has 0 aromatic rings. The summed E-state index contributed by atoms with van der Waals surface area (Å²) in [5.41, 5.74) is 0. The van der Waals surface area contributed by atoms with Crippen LogP contribution < -0.4 is 10.6 Å². The Bertz CT molecular complexity index is 638. The Morgan fingerprint density at radius 2 is 1.09 bits per heavy atom. The fraction of sp³-hybridized carbons (Fsp3) is 0.500. The van der Waals surface area contributed by atoms with Crippen LogP contribution in [0.4, 0.5) is 0 Å². The smallest absolute Gasteiger partial charge is 0.230 e. The van der Waals surface area contributed by atoms with Gasteiger partial charge < -0.3 is 0 Å². The molecule has 2 saturated heterocycles. The molecule has 23 heavy (non-hydrogen) atoms. The number of fused-ring (bicyclic) bond motifs is 2.